The molecule has 1 saturated heterocycles. The molecular formula is C9H12N2O4. The second-order valence-corrected chi connectivity index (χ2v) is 3.34. The molecular weight excluding hydrogens is 200 g/mol. The number of nitrogens with one attached hydrogen (secondary N) is 1. The zero-order chi connectivity index (χ0) is 10.8. The fraction of sp³-hybridized carbons (Fsp3) is 0.556. The molecule has 82 valence electrons. The molecule has 0 spiro atoms. The van der Waals surface area contributed by atoms with E-state index in [0.29, 0.717) is 6.61 Å². The summed E-state index contributed by atoms with van der Waals surface area (Å²) in [5, 5.41) is 0. The minimum absolute atomic E-state index is 0.145. The second-order valence-electron chi connectivity index (χ2n) is 3.34. The largest absolute Gasteiger partial charge is 0.377 e. The molecule has 6 heteroatoms. The highest BCUT2D eigenvalue weighted by atomic mass is 16.6. The van der Waals surface area contributed by atoms with Gasteiger partial charge in [-0.2, -0.15) is 0 Å². The van der Waals surface area contributed by atoms with Gasteiger partial charge in [0.2, 0.25) is 0 Å². The molecule has 1 aliphatic heterocycles. The van der Waals surface area contributed by atoms with Crippen LogP contribution in [0.2, 0.25) is 0 Å². The Bertz CT molecular complexity index is 450. The normalized spacial score (nSPS) is 25.7. The number of rotatable bonds is 2. The summed E-state index contributed by atoms with van der Waals surface area (Å²) in [6.07, 6.45) is 1.57. The number of aromatic amines is 1. The average Bonchev–Trinajstić information content (AvgIpc) is 2.65. The molecule has 1 N–H and O–H groups in total. The third kappa shape index (κ3) is 1.86. The molecule has 0 radical (unpaired) electrons. The zero-order valence-corrected chi connectivity index (χ0v) is 8.30. The summed E-state index contributed by atoms with van der Waals surface area (Å²) in [6, 6.07) is 1.29. The van der Waals surface area contributed by atoms with Crippen molar-refractivity contribution >= 4 is 0 Å². The van der Waals surface area contributed by atoms with Crippen molar-refractivity contribution in [1.82, 2.24) is 9.55 Å². The Hall–Kier alpha value is -1.40. The minimum atomic E-state index is -0.476. The Labute approximate surface area is 85.4 Å². The first-order valence-corrected chi connectivity index (χ1v) is 4.68. The summed E-state index contributed by atoms with van der Waals surface area (Å²) in [6.45, 7) is 0.550. The van der Waals surface area contributed by atoms with Gasteiger partial charge in [-0.1, -0.05) is 0 Å². The molecule has 2 rings (SSSR count). The van der Waals surface area contributed by atoms with E-state index in [4.69, 9.17) is 9.47 Å². The van der Waals surface area contributed by atoms with Crippen molar-refractivity contribution in [2.75, 3.05) is 13.7 Å². The molecule has 15 heavy (non-hydrogen) atoms. The van der Waals surface area contributed by atoms with E-state index in [1.807, 2.05) is 0 Å². The van der Waals surface area contributed by atoms with Crippen LogP contribution in [-0.2, 0) is 9.47 Å². The monoisotopic (exact) mass is 212 g/mol. The van der Waals surface area contributed by atoms with Crippen LogP contribution >= 0.6 is 0 Å². The van der Waals surface area contributed by atoms with Crippen molar-refractivity contribution in [2.45, 2.75) is 18.8 Å². The first-order valence-electron chi connectivity index (χ1n) is 4.68. The van der Waals surface area contributed by atoms with Crippen molar-refractivity contribution in [3.63, 3.8) is 0 Å². The topological polar surface area (TPSA) is 73.3 Å². The summed E-state index contributed by atoms with van der Waals surface area (Å²) < 4.78 is 11.9. The summed E-state index contributed by atoms with van der Waals surface area (Å²) in [5.41, 5.74) is -0.889. The minimum Gasteiger partial charge on any atom is -0.377 e. The smallest absolute Gasteiger partial charge is 0.330 e. The molecule has 2 atom stereocenters. The van der Waals surface area contributed by atoms with Gasteiger partial charge in [-0.25, -0.2) is 4.79 Å². The molecule has 2 heterocycles. The van der Waals surface area contributed by atoms with Gasteiger partial charge in [0.05, 0.1) is 6.61 Å². The molecule has 0 unspecified atom stereocenters. The fourth-order valence-electron chi connectivity index (χ4n) is 1.68. The first-order chi connectivity index (χ1) is 7.22. The third-order valence-corrected chi connectivity index (χ3v) is 2.44. The summed E-state index contributed by atoms with van der Waals surface area (Å²) in [7, 11) is 1.57. The highest BCUT2D eigenvalue weighted by Crippen LogP contribution is 2.23. The zero-order valence-electron chi connectivity index (χ0n) is 8.30. The van der Waals surface area contributed by atoms with E-state index in [-0.39, 0.29) is 6.10 Å². The van der Waals surface area contributed by atoms with Crippen LogP contribution in [0.15, 0.2) is 21.9 Å². The van der Waals surface area contributed by atoms with Gasteiger partial charge in [0, 0.05) is 25.8 Å². The van der Waals surface area contributed by atoms with Crippen LogP contribution in [0.5, 0.6) is 0 Å². The van der Waals surface area contributed by atoms with E-state index in [1.54, 1.807) is 7.11 Å². The van der Waals surface area contributed by atoms with Crippen molar-refractivity contribution in [1.29, 1.82) is 0 Å². The fourth-order valence-corrected chi connectivity index (χ4v) is 1.68. The Morgan fingerprint density at radius 1 is 1.60 bits per heavy atom. The first kappa shape index (κ1) is 10.1. The molecule has 0 aliphatic carbocycles. The Morgan fingerprint density at radius 3 is 3.07 bits per heavy atom. The quantitative estimate of drug-likeness (QED) is 0.715. The molecule has 1 aliphatic rings. The summed E-state index contributed by atoms with van der Waals surface area (Å²) in [5.74, 6) is 0. The number of hydrogen-bond donors (Lipinski definition) is 1. The van der Waals surface area contributed by atoms with Gasteiger partial charge in [-0.3, -0.25) is 14.3 Å². The lowest BCUT2D eigenvalue weighted by Crippen LogP contribution is -2.35. The second kappa shape index (κ2) is 4.00. The molecule has 0 saturated carbocycles. The molecule has 0 aromatic carbocycles. The lowest BCUT2D eigenvalue weighted by Gasteiger charge is -2.18. The van der Waals surface area contributed by atoms with E-state index >= 15 is 0 Å². The van der Waals surface area contributed by atoms with Crippen molar-refractivity contribution in [2.24, 2.45) is 0 Å². The van der Waals surface area contributed by atoms with Crippen LogP contribution in [0, 0.1) is 0 Å². The van der Waals surface area contributed by atoms with Crippen LogP contribution in [0.1, 0.15) is 12.6 Å². The predicted octanol–water partition coefficient (Wildman–Crippen LogP) is -0.530. The maximum atomic E-state index is 11.5. The number of ether oxygens (including phenoxy) is 2. The van der Waals surface area contributed by atoms with E-state index in [0.717, 1.165) is 6.42 Å². The van der Waals surface area contributed by atoms with E-state index in [2.05, 4.69) is 4.98 Å². The highest BCUT2D eigenvalue weighted by molar-refractivity contribution is 4.87. The number of methoxy groups -OCH3 is 1. The highest BCUT2D eigenvalue weighted by Gasteiger charge is 2.30. The van der Waals surface area contributed by atoms with Gasteiger partial charge < -0.3 is 9.47 Å². The van der Waals surface area contributed by atoms with Gasteiger partial charge >= 0.3 is 5.69 Å². The predicted molar refractivity (Wildman–Crippen MR) is 51.7 cm³/mol. The SMILES string of the molecule is CO[C@H]1CCO[C@@H]1n1ccc(=O)[nH]c1=O. The van der Waals surface area contributed by atoms with Crippen LogP contribution in [0.3, 0.4) is 0 Å². The van der Waals surface area contributed by atoms with Gasteiger partial charge in [-0.05, 0) is 0 Å². The summed E-state index contributed by atoms with van der Waals surface area (Å²) >= 11 is 0. The standard InChI is InChI=1S/C9H12N2O4/c1-14-6-3-5-15-8(6)11-4-2-7(12)10-9(11)13/h2,4,6,8H,3,5H2,1H3,(H,10,12,13)/t6-,8-/m0/s1. The van der Waals surface area contributed by atoms with Gasteiger partial charge in [0.1, 0.15) is 6.10 Å². The maximum Gasteiger partial charge on any atom is 0.330 e. The Balaban J connectivity index is 2.37. The Kier molecular flexibility index (Phi) is 2.70. The average molecular weight is 212 g/mol. The maximum absolute atomic E-state index is 11.5. The van der Waals surface area contributed by atoms with Crippen LogP contribution in [0.4, 0.5) is 0 Å². The van der Waals surface area contributed by atoms with Gasteiger partial charge in [0.25, 0.3) is 5.56 Å². The number of aromatic nitrogens is 2. The van der Waals surface area contributed by atoms with Crippen LogP contribution in [-0.4, -0.2) is 29.4 Å². The lowest BCUT2D eigenvalue weighted by molar-refractivity contribution is -0.0310. The number of H-pyrrole nitrogens is 1. The molecule has 1 fully saturated rings. The third-order valence-electron chi connectivity index (χ3n) is 2.44. The van der Waals surface area contributed by atoms with Crippen LogP contribution in [0.25, 0.3) is 0 Å². The molecule has 0 amide bonds. The van der Waals surface area contributed by atoms with Gasteiger partial charge in [0.15, 0.2) is 6.23 Å². The number of nitrogens with zero attached hydrogens (tertiary/aromatic N) is 1. The molecule has 0 bridgehead atoms. The number of hydrogen-bond acceptors (Lipinski definition) is 4. The van der Waals surface area contributed by atoms with Crippen molar-refractivity contribution in [3.05, 3.63) is 33.1 Å². The van der Waals surface area contributed by atoms with Crippen molar-refractivity contribution < 1.29 is 9.47 Å². The summed E-state index contributed by atoms with van der Waals surface area (Å²) in [4.78, 5) is 24.5. The van der Waals surface area contributed by atoms with E-state index in [9.17, 15) is 9.59 Å². The van der Waals surface area contributed by atoms with E-state index in [1.165, 1.54) is 16.8 Å². The van der Waals surface area contributed by atoms with E-state index < -0.39 is 17.5 Å². The van der Waals surface area contributed by atoms with Crippen molar-refractivity contribution in [3.8, 4) is 0 Å². The Morgan fingerprint density at radius 2 is 2.40 bits per heavy atom. The molecule has 1 aromatic rings. The van der Waals surface area contributed by atoms with Gasteiger partial charge in [-0.15, -0.1) is 0 Å². The molecule has 6 nitrogen and oxygen atoms in total. The van der Waals surface area contributed by atoms with Crippen LogP contribution < -0.4 is 11.2 Å². The lowest BCUT2D eigenvalue weighted by atomic mass is 10.3. The molecule has 1 aromatic heterocycles.